The molecular formula is C49H68O5. The van der Waals surface area contributed by atoms with Gasteiger partial charge in [0, 0.05) is 33.0 Å². The van der Waals surface area contributed by atoms with E-state index in [9.17, 15) is 10.2 Å². The topological polar surface area (TPSA) is 68.2 Å². The van der Waals surface area contributed by atoms with Gasteiger partial charge >= 0.3 is 0 Å². The summed E-state index contributed by atoms with van der Waals surface area (Å²) in [4.78, 5) is 0. The third kappa shape index (κ3) is 7.62. The van der Waals surface area contributed by atoms with Crippen LogP contribution in [0.15, 0.2) is 91.0 Å². The average molecular weight is 737 g/mol. The molecule has 0 heterocycles. The molecule has 0 aliphatic heterocycles. The molecule has 4 aliphatic rings. The van der Waals surface area contributed by atoms with E-state index in [1.54, 1.807) is 0 Å². The molecule has 0 radical (unpaired) electrons. The van der Waals surface area contributed by atoms with Crippen LogP contribution in [0.4, 0.5) is 0 Å². The number of rotatable bonds is 17. The Morgan fingerprint density at radius 3 is 1.85 bits per heavy atom. The summed E-state index contributed by atoms with van der Waals surface area (Å²) in [5.41, 5.74) is 3.28. The van der Waals surface area contributed by atoms with E-state index in [2.05, 4.69) is 112 Å². The highest BCUT2D eigenvalue weighted by atomic mass is 16.5. The Balaban J connectivity index is 1.07. The van der Waals surface area contributed by atoms with Crippen LogP contribution in [0.3, 0.4) is 0 Å². The standard InChI is InChI=1S/C49H68O5/c1-36(16-13-33-54-49(37-17-7-4-8-18-37,38-19-9-5-10-20-38)39-21-11-6-12-22-39)43-25-26-44-42-24-23-40-34-41(52-31-14-29-50)27-28-47(40,2)45(42)35-46(48(43,44)3)53-32-15-30-51/h4-12,17-22,36,40-46,50-51H,13-16,23-35H2,1-3H3/t36-,40?,41-,42+,43-,44+,45+,46+,47+,48-/m1/s1. The Morgan fingerprint density at radius 1 is 0.667 bits per heavy atom. The highest BCUT2D eigenvalue weighted by molar-refractivity contribution is 5.47. The van der Waals surface area contributed by atoms with Crippen LogP contribution >= 0.6 is 0 Å². The molecule has 0 spiro atoms. The van der Waals surface area contributed by atoms with Crippen molar-refractivity contribution in [3.8, 4) is 0 Å². The van der Waals surface area contributed by atoms with E-state index in [0.29, 0.717) is 67.3 Å². The Kier molecular flexibility index (Phi) is 13.0. The number of hydrogen-bond donors (Lipinski definition) is 2. The van der Waals surface area contributed by atoms with Gasteiger partial charge in [-0.25, -0.2) is 0 Å². The van der Waals surface area contributed by atoms with Gasteiger partial charge in [0.2, 0.25) is 0 Å². The van der Waals surface area contributed by atoms with Gasteiger partial charge in [0.25, 0.3) is 0 Å². The van der Waals surface area contributed by atoms with Gasteiger partial charge in [-0.1, -0.05) is 112 Å². The molecule has 4 saturated carbocycles. The van der Waals surface area contributed by atoms with E-state index in [0.717, 1.165) is 54.7 Å². The van der Waals surface area contributed by atoms with E-state index in [1.165, 1.54) is 38.5 Å². The predicted octanol–water partition coefficient (Wildman–Crippen LogP) is 10.2. The Bertz CT molecular complexity index is 1470. The summed E-state index contributed by atoms with van der Waals surface area (Å²) in [6.45, 7) is 10.2. The SMILES string of the molecule is C[C@H](CCCOC(c1ccccc1)(c1ccccc1)c1ccccc1)[C@H]1CC[C@H]2[C@@H]3CCC4C[C@H](OCCCO)CC[C@]4(C)[C@H]3C[C@H](OCCCO)[C@]12C. The molecule has 7 rings (SSSR count). The van der Waals surface area contributed by atoms with E-state index in [4.69, 9.17) is 14.2 Å². The molecule has 294 valence electrons. The van der Waals surface area contributed by atoms with Gasteiger partial charge in [-0.2, -0.15) is 0 Å². The molecule has 0 bridgehead atoms. The fourth-order valence-corrected chi connectivity index (χ4v) is 12.7. The molecule has 0 aromatic heterocycles. The van der Waals surface area contributed by atoms with Gasteiger partial charge in [-0.3, -0.25) is 0 Å². The van der Waals surface area contributed by atoms with Crippen molar-refractivity contribution in [3.05, 3.63) is 108 Å². The fourth-order valence-electron chi connectivity index (χ4n) is 12.7. The van der Waals surface area contributed by atoms with Crippen molar-refractivity contribution < 1.29 is 24.4 Å². The zero-order valence-electron chi connectivity index (χ0n) is 33.4. The van der Waals surface area contributed by atoms with Crippen molar-refractivity contribution in [3.63, 3.8) is 0 Å². The molecule has 4 aliphatic carbocycles. The van der Waals surface area contributed by atoms with Crippen LogP contribution in [0.5, 0.6) is 0 Å². The maximum atomic E-state index is 9.75. The first kappa shape index (κ1) is 39.7. The highest BCUT2D eigenvalue weighted by Crippen LogP contribution is 2.69. The van der Waals surface area contributed by atoms with Crippen LogP contribution in [0.2, 0.25) is 0 Å². The lowest BCUT2D eigenvalue weighted by Crippen LogP contribution is -2.59. The van der Waals surface area contributed by atoms with Crippen molar-refractivity contribution in [2.45, 2.75) is 116 Å². The summed E-state index contributed by atoms with van der Waals surface area (Å²) in [5, 5.41) is 19.0. The lowest BCUT2D eigenvalue weighted by atomic mass is 9.43. The first-order valence-corrected chi connectivity index (χ1v) is 21.6. The summed E-state index contributed by atoms with van der Waals surface area (Å²) in [7, 11) is 0. The Morgan fingerprint density at radius 2 is 1.26 bits per heavy atom. The fraction of sp³-hybridized carbons (Fsp3) is 0.633. The molecule has 10 atom stereocenters. The minimum Gasteiger partial charge on any atom is -0.396 e. The van der Waals surface area contributed by atoms with Gasteiger partial charge < -0.3 is 24.4 Å². The van der Waals surface area contributed by atoms with E-state index < -0.39 is 5.60 Å². The minimum atomic E-state index is -0.679. The van der Waals surface area contributed by atoms with Gasteiger partial charge in [0.1, 0.15) is 5.60 Å². The number of hydrogen-bond acceptors (Lipinski definition) is 5. The maximum Gasteiger partial charge on any atom is 0.143 e. The highest BCUT2D eigenvalue weighted by Gasteiger charge is 2.64. The lowest BCUT2D eigenvalue weighted by Gasteiger charge is -2.63. The van der Waals surface area contributed by atoms with Crippen molar-refractivity contribution in [1.29, 1.82) is 0 Å². The normalized spacial score (nSPS) is 32.7. The summed E-state index contributed by atoms with van der Waals surface area (Å²) in [6.07, 6.45) is 14.1. The maximum absolute atomic E-state index is 9.75. The monoisotopic (exact) mass is 737 g/mol. The van der Waals surface area contributed by atoms with Crippen molar-refractivity contribution in [1.82, 2.24) is 0 Å². The summed E-state index contributed by atoms with van der Waals surface area (Å²) >= 11 is 0. The second-order valence-electron chi connectivity index (χ2n) is 18.0. The Labute approximate surface area is 326 Å². The van der Waals surface area contributed by atoms with Crippen LogP contribution in [-0.2, 0) is 19.8 Å². The van der Waals surface area contributed by atoms with Crippen LogP contribution < -0.4 is 0 Å². The predicted molar refractivity (Wildman–Crippen MR) is 217 cm³/mol. The number of fused-ring (bicyclic) bond motifs is 5. The summed E-state index contributed by atoms with van der Waals surface area (Å²) in [6, 6.07) is 32.3. The van der Waals surface area contributed by atoms with Crippen molar-refractivity contribution in [2.24, 2.45) is 46.3 Å². The van der Waals surface area contributed by atoms with Gasteiger partial charge in [-0.15, -0.1) is 0 Å². The van der Waals surface area contributed by atoms with Crippen LogP contribution in [0.25, 0.3) is 0 Å². The number of benzene rings is 3. The van der Waals surface area contributed by atoms with Gasteiger partial charge in [-0.05, 0) is 140 Å². The molecule has 3 aromatic carbocycles. The van der Waals surface area contributed by atoms with Crippen molar-refractivity contribution in [2.75, 3.05) is 33.0 Å². The summed E-state index contributed by atoms with van der Waals surface area (Å²) in [5.74, 6) is 4.05. The zero-order valence-corrected chi connectivity index (χ0v) is 33.4. The number of aliphatic hydroxyl groups excluding tert-OH is 2. The van der Waals surface area contributed by atoms with Crippen LogP contribution in [0, 0.1) is 46.3 Å². The first-order valence-electron chi connectivity index (χ1n) is 21.6. The molecule has 2 N–H and O–H groups in total. The third-order valence-electron chi connectivity index (χ3n) is 15.4. The second-order valence-corrected chi connectivity index (χ2v) is 18.0. The van der Waals surface area contributed by atoms with E-state index in [-0.39, 0.29) is 24.7 Å². The van der Waals surface area contributed by atoms with E-state index >= 15 is 0 Å². The van der Waals surface area contributed by atoms with E-state index in [1.807, 2.05) is 0 Å². The number of ether oxygens (including phenoxy) is 3. The molecule has 5 nitrogen and oxygen atoms in total. The second kappa shape index (κ2) is 17.7. The molecule has 0 saturated heterocycles. The average Bonchev–Trinajstić information content (AvgIpc) is 3.57. The van der Waals surface area contributed by atoms with Crippen LogP contribution in [-0.4, -0.2) is 55.5 Å². The van der Waals surface area contributed by atoms with Gasteiger partial charge in [0.05, 0.1) is 12.2 Å². The summed E-state index contributed by atoms with van der Waals surface area (Å²) < 4.78 is 20.5. The number of aliphatic hydroxyl groups is 2. The molecular weight excluding hydrogens is 669 g/mol. The molecule has 54 heavy (non-hydrogen) atoms. The molecule has 4 fully saturated rings. The smallest absolute Gasteiger partial charge is 0.143 e. The molecule has 5 heteroatoms. The third-order valence-corrected chi connectivity index (χ3v) is 15.4. The Hall–Kier alpha value is -2.54. The van der Waals surface area contributed by atoms with Crippen LogP contribution in [0.1, 0.15) is 115 Å². The molecule has 0 amide bonds. The zero-order chi connectivity index (χ0) is 37.6. The lowest BCUT2D eigenvalue weighted by molar-refractivity contribution is -0.193. The first-order chi connectivity index (χ1) is 26.4. The minimum absolute atomic E-state index is 0.145. The molecule has 1 unspecified atom stereocenters. The van der Waals surface area contributed by atoms with Gasteiger partial charge in [0.15, 0.2) is 0 Å². The quantitative estimate of drug-likeness (QED) is 0.107. The molecule has 3 aromatic rings. The largest absolute Gasteiger partial charge is 0.396 e. The van der Waals surface area contributed by atoms with Crippen molar-refractivity contribution >= 4 is 0 Å².